The molecule has 1 saturated heterocycles. The summed E-state index contributed by atoms with van der Waals surface area (Å²) >= 11 is 1.90. The number of morpholine rings is 1. The van der Waals surface area contributed by atoms with Crippen molar-refractivity contribution >= 4 is 27.4 Å². The fourth-order valence-corrected chi connectivity index (χ4v) is 5.87. The molecule has 122 valence electrons. The zero-order valence-corrected chi connectivity index (χ0v) is 14.3. The van der Waals surface area contributed by atoms with E-state index in [1.54, 1.807) is 16.8 Å². The van der Waals surface area contributed by atoms with Crippen molar-refractivity contribution in [2.45, 2.75) is 63.5 Å². The van der Waals surface area contributed by atoms with Crippen molar-refractivity contribution in [1.82, 2.24) is 9.97 Å². The van der Waals surface area contributed by atoms with Crippen molar-refractivity contribution in [3.05, 3.63) is 16.8 Å². The van der Waals surface area contributed by atoms with Gasteiger partial charge in [-0.3, -0.25) is 0 Å². The van der Waals surface area contributed by atoms with Gasteiger partial charge in [0.05, 0.1) is 24.1 Å². The molecule has 2 atom stereocenters. The first-order valence-electron chi connectivity index (χ1n) is 9.05. The van der Waals surface area contributed by atoms with Gasteiger partial charge in [0.15, 0.2) is 0 Å². The van der Waals surface area contributed by atoms with E-state index in [-0.39, 0.29) is 0 Å². The number of ether oxygens (including phenoxy) is 1. The Labute approximate surface area is 140 Å². The molecule has 2 aliphatic carbocycles. The highest BCUT2D eigenvalue weighted by atomic mass is 32.1. The molecule has 0 radical (unpaired) electrons. The molecule has 4 nitrogen and oxygen atoms in total. The maximum Gasteiger partial charge on any atom is 0.141 e. The third-order valence-corrected chi connectivity index (χ3v) is 6.94. The summed E-state index contributed by atoms with van der Waals surface area (Å²) in [4.78, 5) is 14.7. The van der Waals surface area contributed by atoms with Gasteiger partial charge in [-0.25, -0.2) is 9.97 Å². The van der Waals surface area contributed by atoms with Gasteiger partial charge in [-0.15, -0.1) is 11.3 Å². The molecule has 0 spiro atoms. The molecule has 5 rings (SSSR count). The number of fused-ring (bicyclic) bond motifs is 4. The number of thiophene rings is 1. The van der Waals surface area contributed by atoms with Crippen LogP contribution in [0.3, 0.4) is 0 Å². The van der Waals surface area contributed by atoms with Crippen LogP contribution in [-0.4, -0.2) is 35.3 Å². The van der Waals surface area contributed by atoms with E-state index in [1.807, 2.05) is 11.3 Å². The van der Waals surface area contributed by atoms with Gasteiger partial charge in [0.25, 0.3) is 0 Å². The number of aryl methyl sites for hydroxylation is 2. The molecular formula is C18H23N3OS. The van der Waals surface area contributed by atoms with E-state index in [0.29, 0.717) is 12.1 Å². The second-order valence-electron chi connectivity index (χ2n) is 7.04. The Hall–Kier alpha value is -1.20. The van der Waals surface area contributed by atoms with Crippen LogP contribution in [0, 0.1) is 0 Å². The van der Waals surface area contributed by atoms with Gasteiger partial charge in [0.2, 0.25) is 0 Å². The van der Waals surface area contributed by atoms with Crippen LogP contribution in [0.25, 0.3) is 10.2 Å². The largest absolute Gasteiger partial charge is 0.374 e. The fraction of sp³-hybridized carbons (Fsp3) is 0.667. The van der Waals surface area contributed by atoms with Crippen LogP contribution in [0.1, 0.15) is 49.0 Å². The molecule has 5 heteroatoms. The Morgan fingerprint density at radius 3 is 3.00 bits per heavy atom. The quantitative estimate of drug-likeness (QED) is 0.799. The van der Waals surface area contributed by atoms with E-state index >= 15 is 0 Å². The number of anilines is 1. The number of hydrogen-bond donors (Lipinski definition) is 0. The van der Waals surface area contributed by atoms with E-state index in [4.69, 9.17) is 9.72 Å². The van der Waals surface area contributed by atoms with Crippen LogP contribution in [0.15, 0.2) is 6.33 Å². The summed E-state index contributed by atoms with van der Waals surface area (Å²) in [6, 6.07) is 0.509. The molecule has 1 saturated carbocycles. The van der Waals surface area contributed by atoms with Gasteiger partial charge < -0.3 is 9.64 Å². The van der Waals surface area contributed by atoms with Gasteiger partial charge in [0.1, 0.15) is 17.0 Å². The minimum Gasteiger partial charge on any atom is -0.374 e. The third kappa shape index (κ3) is 2.28. The van der Waals surface area contributed by atoms with E-state index in [1.165, 1.54) is 67.4 Å². The summed E-state index contributed by atoms with van der Waals surface area (Å²) in [6.45, 7) is 1.80. The lowest BCUT2D eigenvalue weighted by Crippen LogP contribution is -2.53. The van der Waals surface area contributed by atoms with Crippen molar-refractivity contribution in [3.63, 3.8) is 0 Å². The molecular weight excluding hydrogens is 306 g/mol. The van der Waals surface area contributed by atoms with Gasteiger partial charge >= 0.3 is 0 Å². The number of nitrogens with zero attached hydrogens (tertiary/aromatic N) is 3. The molecule has 0 N–H and O–H groups in total. The standard InChI is InChI=1S/C18H23N3OS/c1-4-8-15-12(5-1)16-17(19-11-20-18(16)23-15)21-9-10-22-14-7-3-2-6-13(14)21/h11,13-14H,1-10H2/t13-,14+/m0/s1. The molecule has 3 heterocycles. The maximum atomic E-state index is 6.06. The Bertz CT molecular complexity index is 726. The first-order valence-corrected chi connectivity index (χ1v) is 9.87. The van der Waals surface area contributed by atoms with E-state index in [2.05, 4.69) is 9.88 Å². The first kappa shape index (κ1) is 14.2. The van der Waals surface area contributed by atoms with E-state index in [0.717, 1.165) is 13.2 Å². The molecule has 0 unspecified atom stereocenters. The minimum absolute atomic E-state index is 0.400. The Morgan fingerprint density at radius 2 is 2.00 bits per heavy atom. The van der Waals surface area contributed by atoms with Crippen molar-refractivity contribution in [2.75, 3.05) is 18.1 Å². The SMILES string of the molecule is c1nc(N2CCO[C@@H]3CCCC[C@@H]32)c2c3c(sc2n1)CCCC3. The summed E-state index contributed by atoms with van der Waals surface area (Å²) in [5.74, 6) is 1.19. The normalized spacial score (nSPS) is 27.7. The van der Waals surface area contributed by atoms with Crippen molar-refractivity contribution in [1.29, 1.82) is 0 Å². The van der Waals surface area contributed by atoms with Crippen LogP contribution in [0.5, 0.6) is 0 Å². The number of rotatable bonds is 1. The highest BCUT2D eigenvalue weighted by Gasteiger charge is 2.36. The molecule has 0 amide bonds. The van der Waals surface area contributed by atoms with Gasteiger partial charge in [-0.2, -0.15) is 0 Å². The molecule has 23 heavy (non-hydrogen) atoms. The van der Waals surface area contributed by atoms with E-state index < -0.39 is 0 Å². The second kappa shape index (κ2) is 5.71. The van der Waals surface area contributed by atoms with E-state index in [9.17, 15) is 0 Å². The maximum absolute atomic E-state index is 6.06. The topological polar surface area (TPSA) is 38.2 Å². The van der Waals surface area contributed by atoms with Crippen LogP contribution in [-0.2, 0) is 17.6 Å². The van der Waals surface area contributed by atoms with Crippen LogP contribution in [0.4, 0.5) is 5.82 Å². The zero-order valence-electron chi connectivity index (χ0n) is 13.5. The van der Waals surface area contributed by atoms with Crippen molar-refractivity contribution in [2.24, 2.45) is 0 Å². The summed E-state index contributed by atoms with van der Waals surface area (Å²) in [6.07, 6.45) is 12.3. The van der Waals surface area contributed by atoms with Gasteiger partial charge in [-0.1, -0.05) is 12.8 Å². The minimum atomic E-state index is 0.400. The smallest absolute Gasteiger partial charge is 0.141 e. The first-order chi connectivity index (χ1) is 11.4. The highest BCUT2D eigenvalue weighted by Crippen LogP contribution is 2.41. The predicted octanol–water partition coefficient (Wildman–Crippen LogP) is 3.72. The van der Waals surface area contributed by atoms with Gasteiger partial charge in [-0.05, 0) is 44.1 Å². The highest BCUT2D eigenvalue weighted by molar-refractivity contribution is 7.19. The third-order valence-electron chi connectivity index (χ3n) is 5.74. The van der Waals surface area contributed by atoms with Crippen LogP contribution >= 0.6 is 11.3 Å². The fourth-order valence-electron chi connectivity index (χ4n) is 4.65. The molecule has 1 aliphatic heterocycles. The molecule has 3 aliphatic rings. The second-order valence-corrected chi connectivity index (χ2v) is 8.13. The summed E-state index contributed by atoms with van der Waals surface area (Å²) in [5.41, 5.74) is 1.55. The summed E-state index contributed by atoms with van der Waals surface area (Å²) in [5, 5.41) is 1.36. The molecule has 0 aromatic carbocycles. The van der Waals surface area contributed by atoms with Crippen LogP contribution in [0.2, 0.25) is 0 Å². The lowest BCUT2D eigenvalue weighted by Gasteiger charge is -2.44. The zero-order chi connectivity index (χ0) is 15.2. The molecule has 2 aromatic rings. The summed E-state index contributed by atoms with van der Waals surface area (Å²) in [7, 11) is 0. The number of aromatic nitrogens is 2. The monoisotopic (exact) mass is 329 g/mol. The van der Waals surface area contributed by atoms with Crippen LogP contribution < -0.4 is 4.90 Å². The van der Waals surface area contributed by atoms with Gasteiger partial charge in [0, 0.05) is 11.4 Å². The molecule has 2 fully saturated rings. The average Bonchev–Trinajstić information content (AvgIpc) is 3.00. The molecule has 0 bridgehead atoms. The van der Waals surface area contributed by atoms with Crippen molar-refractivity contribution in [3.8, 4) is 0 Å². The lowest BCUT2D eigenvalue weighted by molar-refractivity contribution is -0.00887. The Morgan fingerprint density at radius 1 is 1.09 bits per heavy atom. The van der Waals surface area contributed by atoms with Crippen molar-refractivity contribution < 1.29 is 4.74 Å². The average molecular weight is 329 g/mol. The Balaban J connectivity index is 1.63. The lowest BCUT2D eigenvalue weighted by atomic mass is 9.89. The number of hydrogen-bond acceptors (Lipinski definition) is 5. The summed E-state index contributed by atoms with van der Waals surface area (Å²) < 4.78 is 6.06. The predicted molar refractivity (Wildman–Crippen MR) is 93.4 cm³/mol. The molecule has 2 aromatic heterocycles. The Kier molecular flexibility index (Phi) is 3.52.